The SMILES string of the molecule is C/C=C/C=C(\C)C(=O)N[C@@H](C(=O)OC)[C@@H](C)CC. The van der Waals surface area contributed by atoms with Crippen molar-refractivity contribution in [2.75, 3.05) is 7.11 Å². The van der Waals surface area contributed by atoms with Gasteiger partial charge in [-0.25, -0.2) is 4.79 Å². The van der Waals surface area contributed by atoms with Crippen LogP contribution in [0.15, 0.2) is 23.8 Å². The predicted octanol–water partition coefficient (Wildman–Crippen LogP) is 2.21. The second kappa shape index (κ2) is 8.50. The van der Waals surface area contributed by atoms with Gasteiger partial charge in [0.25, 0.3) is 0 Å². The van der Waals surface area contributed by atoms with Crippen molar-refractivity contribution in [2.24, 2.45) is 5.92 Å². The average Bonchev–Trinajstić information content (AvgIpc) is 2.39. The van der Waals surface area contributed by atoms with Crippen LogP contribution in [0.25, 0.3) is 0 Å². The molecule has 0 saturated heterocycles. The lowest BCUT2D eigenvalue weighted by atomic mass is 9.99. The zero-order valence-corrected chi connectivity index (χ0v) is 11.8. The van der Waals surface area contributed by atoms with Crippen LogP contribution in [-0.4, -0.2) is 25.0 Å². The second-order valence-corrected chi connectivity index (χ2v) is 4.24. The van der Waals surface area contributed by atoms with Crippen LogP contribution in [-0.2, 0) is 14.3 Å². The highest BCUT2D eigenvalue weighted by Crippen LogP contribution is 2.10. The van der Waals surface area contributed by atoms with E-state index in [2.05, 4.69) is 5.32 Å². The van der Waals surface area contributed by atoms with Gasteiger partial charge in [-0.1, -0.05) is 38.5 Å². The Kier molecular flexibility index (Phi) is 7.76. The standard InChI is InChI=1S/C14H23NO3/c1-6-8-9-11(4)13(16)15-12(10(3)7-2)14(17)18-5/h6,8-10,12H,7H2,1-5H3,(H,15,16)/b8-6+,11-9+/t10-,12+/m0/s1. The number of hydrogen-bond donors (Lipinski definition) is 1. The van der Waals surface area contributed by atoms with E-state index in [1.54, 1.807) is 19.1 Å². The fourth-order valence-electron chi connectivity index (χ4n) is 1.37. The Hall–Kier alpha value is -1.58. The number of ether oxygens (including phenoxy) is 1. The van der Waals surface area contributed by atoms with Crippen molar-refractivity contribution in [3.8, 4) is 0 Å². The minimum Gasteiger partial charge on any atom is -0.467 e. The molecular weight excluding hydrogens is 230 g/mol. The van der Waals surface area contributed by atoms with Crippen molar-refractivity contribution in [3.05, 3.63) is 23.8 Å². The predicted molar refractivity (Wildman–Crippen MR) is 72.0 cm³/mol. The largest absolute Gasteiger partial charge is 0.467 e. The summed E-state index contributed by atoms with van der Waals surface area (Å²) in [6, 6.07) is -0.596. The molecule has 0 aromatic heterocycles. The molecule has 1 N–H and O–H groups in total. The molecule has 0 aliphatic heterocycles. The fourth-order valence-corrected chi connectivity index (χ4v) is 1.37. The van der Waals surface area contributed by atoms with Gasteiger partial charge < -0.3 is 10.1 Å². The van der Waals surface area contributed by atoms with E-state index in [4.69, 9.17) is 4.74 Å². The molecule has 0 unspecified atom stereocenters. The molecule has 18 heavy (non-hydrogen) atoms. The Labute approximate surface area is 109 Å². The average molecular weight is 253 g/mol. The Bertz CT molecular complexity index is 345. The van der Waals surface area contributed by atoms with E-state index in [9.17, 15) is 9.59 Å². The van der Waals surface area contributed by atoms with Crippen LogP contribution in [0.2, 0.25) is 0 Å². The van der Waals surface area contributed by atoms with Gasteiger partial charge in [0.15, 0.2) is 0 Å². The lowest BCUT2D eigenvalue weighted by Crippen LogP contribution is -2.45. The Morgan fingerprint density at radius 3 is 2.44 bits per heavy atom. The van der Waals surface area contributed by atoms with Gasteiger partial charge in [0.2, 0.25) is 5.91 Å². The van der Waals surface area contributed by atoms with Gasteiger partial charge in [0.1, 0.15) is 6.04 Å². The Balaban J connectivity index is 4.78. The number of nitrogens with one attached hydrogen (secondary N) is 1. The van der Waals surface area contributed by atoms with E-state index in [0.29, 0.717) is 5.57 Å². The van der Waals surface area contributed by atoms with Gasteiger partial charge in [-0.2, -0.15) is 0 Å². The van der Waals surface area contributed by atoms with E-state index in [0.717, 1.165) is 6.42 Å². The quantitative estimate of drug-likeness (QED) is 0.448. The summed E-state index contributed by atoms with van der Waals surface area (Å²) >= 11 is 0. The molecule has 0 rings (SSSR count). The first-order chi connectivity index (χ1) is 8.47. The van der Waals surface area contributed by atoms with Gasteiger partial charge in [-0.3, -0.25) is 4.79 Å². The third kappa shape index (κ3) is 5.17. The van der Waals surface area contributed by atoms with Crippen molar-refractivity contribution in [1.29, 1.82) is 0 Å². The molecule has 0 radical (unpaired) electrons. The zero-order valence-electron chi connectivity index (χ0n) is 11.8. The van der Waals surface area contributed by atoms with Crippen LogP contribution in [0.5, 0.6) is 0 Å². The van der Waals surface area contributed by atoms with Crippen LogP contribution in [0.3, 0.4) is 0 Å². The summed E-state index contributed by atoms with van der Waals surface area (Å²) in [6.45, 7) is 7.46. The summed E-state index contributed by atoms with van der Waals surface area (Å²) in [4.78, 5) is 23.5. The fraction of sp³-hybridized carbons (Fsp3) is 0.571. The molecule has 0 saturated carbocycles. The molecule has 0 heterocycles. The van der Waals surface area contributed by atoms with Gasteiger partial charge >= 0.3 is 5.97 Å². The number of allylic oxidation sites excluding steroid dienone is 3. The van der Waals surface area contributed by atoms with Gasteiger partial charge in [-0.15, -0.1) is 0 Å². The van der Waals surface area contributed by atoms with Crippen molar-refractivity contribution in [2.45, 2.75) is 40.2 Å². The molecular formula is C14H23NO3. The monoisotopic (exact) mass is 253 g/mol. The highest BCUT2D eigenvalue weighted by molar-refractivity contribution is 5.95. The highest BCUT2D eigenvalue weighted by atomic mass is 16.5. The maximum Gasteiger partial charge on any atom is 0.328 e. The number of carbonyl (C=O) groups excluding carboxylic acids is 2. The molecule has 0 aromatic carbocycles. The van der Waals surface area contributed by atoms with E-state index < -0.39 is 12.0 Å². The minimum atomic E-state index is -0.596. The summed E-state index contributed by atoms with van der Waals surface area (Å²) in [5.41, 5.74) is 0.560. The van der Waals surface area contributed by atoms with Crippen LogP contribution >= 0.6 is 0 Å². The Morgan fingerprint density at radius 1 is 1.39 bits per heavy atom. The molecule has 102 valence electrons. The van der Waals surface area contributed by atoms with Crippen LogP contribution in [0.4, 0.5) is 0 Å². The molecule has 4 heteroatoms. The van der Waals surface area contributed by atoms with Crippen molar-refractivity contribution < 1.29 is 14.3 Å². The third-order valence-corrected chi connectivity index (χ3v) is 2.85. The molecule has 1 amide bonds. The maximum absolute atomic E-state index is 11.9. The summed E-state index contributed by atoms with van der Waals surface area (Å²) in [5, 5.41) is 2.71. The number of amides is 1. The molecule has 2 atom stereocenters. The maximum atomic E-state index is 11.9. The zero-order chi connectivity index (χ0) is 14.1. The smallest absolute Gasteiger partial charge is 0.328 e. The number of methoxy groups -OCH3 is 1. The summed E-state index contributed by atoms with van der Waals surface area (Å²) < 4.78 is 4.71. The van der Waals surface area contributed by atoms with Crippen LogP contribution in [0.1, 0.15) is 34.1 Å². The first kappa shape index (κ1) is 16.4. The van der Waals surface area contributed by atoms with Gasteiger partial charge in [0, 0.05) is 5.57 Å². The van der Waals surface area contributed by atoms with Crippen molar-refractivity contribution >= 4 is 11.9 Å². The van der Waals surface area contributed by atoms with Crippen molar-refractivity contribution in [1.82, 2.24) is 5.32 Å². The molecule has 0 aliphatic carbocycles. The highest BCUT2D eigenvalue weighted by Gasteiger charge is 2.26. The van der Waals surface area contributed by atoms with Crippen molar-refractivity contribution in [3.63, 3.8) is 0 Å². The molecule has 0 fully saturated rings. The number of esters is 1. The number of hydrogen-bond acceptors (Lipinski definition) is 3. The summed E-state index contributed by atoms with van der Waals surface area (Å²) in [7, 11) is 1.33. The third-order valence-electron chi connectivity index (χ3n) is 2.85. The van der Waals surface area contributed by atoms with E-state index in [-0.39, 0.29) is 11.8 Å². The molecule has 0 aliphatic rings. The van der Waals surface area contributed by atoms with Crippen LogP contribution in [0, 0.1) is 5.92 Å². The Morgan fingerprint density at radius 2 is 2.00 bits per heavy atom. The normalized spacial score (nSPS) is 15.3. The first-order valence-electron chi connectivity index (χ1n) is 6.16. The topological polar surface area (TPSA) is 55.4 Å². The second-order valence-electron chi connectivity index (χ2n) is 4.24. The molecule has 4 nitrogen and oxygen atoms in total. The lowest BCUT2D eigenvalue weighted by molar-refractivity contribution is -0.146. The minimum absolute atomic E-state index is 0.0379. The molecule has 0 spiro atoms. The lowest BCUT2D eigenvalue weighted by Gasteiger charge is -2.21. The number of rotatable bonds is 6. The molecule has 0 aromatic rings. The van der Waals surface area contributed by atoms with Crippen LogP contribution < -0.4 is 5.32 Å². The van der Waals surface area contributed by atoms with E-state index in [1.165, 1.54) is 7.11 Å². The number of carbonyl (C=O) groups is 2. The van der Waals surface area contributed by atoms with E-state index >= 15 is 0 Å². The van der Waals surface area contributed by atoms with E-state index in [1.807, 2.05) is 26.8 Å². The molecule has 0 bridgehead atoms. The van der Waals surface area contributed by atoms with Gasteiger partial charge in [-0.05, 0) is 19.8 Å². The van der Waals surface area contributed by atoms with Gasteiger partial charge in [0.05, 0.1) is 7.11 Å². The summed E-state index contributed by atoms with van der Waals surface area (Å²) in [5.74, 6) is -0.615. The summed E-state index contributed by atoms with van der Waals surface area (Å²) in [6.07, 6.45) is 6.12. The first-order valence-corrected chi connectivity index (χ1v) is 6.16.